The molecule has 0 amide bonds. The van der Waals surface area contributed by atoms with Crippen LogP contribution >= 0.6 is 15.9 Å². The zero-order chi connectivity index (χ0) is 15.0. The second-order valence-electron chi connectivity index (χ2n) is 4.16. The Hall–Kier alpha value is -1.36. The molecule has 0 heterocycles. The number of ether oxygens (including phenoxy) is 2. The van der Waals surface area contributed by atoms with Crippen molar-refractivity contribution in [3.8, 4) is 0 Å². The molecule has 0 spiro atoms. The van der Waals surface area contributed by atoms with E-state index in [1.807, 2.05) is 18.2 Å². The van der Waals surface area contributed by atoms with Crippen molar-refractivity contribution in [1.29, 1.82) is 0 Å². The van der Waals surface area contributed by atoms with E-state index in [2.05, 4.69) is 15.9 Å². The van der Waals surface area contributed by atoms with Gasteiger partial charge in [-0.3, -0.25) is 9.59 Å². The maximum absolute atomic E-state index is 11.6. The van der Waals surface area contributed by atoms with E-state index >= 15 is 0 Å². The van der Waals surface area contributed by atoms with E-state index in [0.29, 0.717) is 26.1 Å². The summed E-state index contributed by atoms with van der Waals surface area (Å²) in [6.07, 6.45) is 1.06. The standard InChI is InChI=1S/C15H19BrO4/c1-3-19-14(17)9-8-11-6-5-7-13(16)12(11)10-15(18)20-4-2/h5-7H,3-4,8-10H2,1-2H3. The molecule has 110 valence electrons. The van der Waals surface area contributed by atoms with Gasteiger partial charge in [-0.15, -0.1) is 0 Å². The first kappa shape index (κ1) is 16.7. The van der Waals surface area contributed by atoms with E-state index in [1.54, 1.807) is 13.8 Å². The van der Waals surface area contributed by atoms with Gasteiger partial charge in [0, 0.05) is 10.9 Å². The van der Waals surface area contributed by atoms with Gasteiger partial charge in [0.2, 0.25) is 0 Å². The maximum Gasteiger partial charge on any atom is 0.310 e. The van der Waals surface area contributed by atoms with Gasteiger partial charge in [-0.1, -0.05) is 28.1 Å². The minimum Gasteiger partial charge on any atom is -0.466 e. The molecule has 0 aliphatic rings. The lowest BCUT2D eigenvalue weighted by atomic mass is 10.0. The molecule has 0 bridgehead atoms. The number of aryl methyl sites for hydroxylation is 1. The summed E-state index contributed by atoms with van der Waals surface area (Å²) in [6, 6.07) is 5.68. The Morgan fingerprint density at radius 1 is 1.10 bits per heavy atom. The molecule has 0 N–H and O–H groups in total. The van der Waals surface area contributed by atoms with Crippen LogP contribution in [0.2, 0.25) is 0 Å². The number of carbonyl (C=O) groups is 2. The van der Waals surface area contributed by atoms with Crippen molar-refractivity contribution < 1.29 is 19.1 Å². The molecule has 0 atom stereocenters. The van der Waals surface area contributed by atoms with Crippen molar-refractivity contribution in [2.75, 3.05) is 13.2 Å². The lowest BCUT2D eigenvalue weighted by Gasteiger charge is -2.11. The zero-order valence-corrected chi connectivity index (χ0v) is 13.4. The summed E-state index contributed by atoms with van der Waals surface area (Å²) in [5.74, 6) is -0.494. The summed E-state index contributed by atoms with van der Waals surface area (Å²) >= 11 is 3.44. The first-order valence-corrected chi connectivity index (χ1v) is 7.45. The summed E-state index contributed by atoms with van der Waals surface area (Å²) in [5.41, 5.74) is 1.83. The van der Waals surface area contributed by atoms with Crippen LogP contribution in [0.5, 0.6) is 0 Å². The molecule has 1 aromatic rings. The molecule has 0 unspecified atom stereocenters. The van der Waals surface area contributed by atoms with Crippen molar-refractivity contribution in [3.05, 3.63) is 33.8 Å². The normalized spacial score (nSPS) is 10.2. The summed E-state index contributed by atoms with van der Waals surface area (Å²) in [5, 5.41) is 0. The van der Waals surface area contributed by atoms with Crippen molar-refractivity contribution in [3.63, 3.8) is 0 Å². The lowest BCUT2D eigenvalue weighted by molar-refractivity contribution is -0.143. The molecule has 5 heteroatoms. The van der Waals surface area contributed by atoms with E-state index < -0.39 is 0 Å². The van der Waals surface area contributed by atoms with Crippen LogP contribution in [0.4, 0.5) is 0 Å². The topological polar surface area (TPSA) is 52.6 Å². The molecule has 4 nitrogen and oxygen atoms in total. The molecule has 1 rings (SSSR count). The minimum atomic E-state index is -0.267. The van der Waals surface area contributed by atoms with Crippen LogP contribution < -0.4 is 0 Å². The largest absolute Gasteiger partial charge is 0.466 e. The molecule has 0 radical (unpaired) electrons. The van der Waals surface area contributed by atoms with Gasteiger partial charge in [-0.05, 0) is 37.5 Å². The molecule has 0 saturated carbocycles. The van der Waals surface area contributed by atoms with Gasteiger partial charge in [0.05, 0.1) is 19.6 Å². The van der Waals surface area contributed by atoms with Crippen molar-refractivity contribution >= 4 is 27.9 Å². The molecular formula is C15H19BrO4. The first-order valence-electron chi connectivity index (χ1n) is 6.66. The van der Waals surface area contributed by atoms with Gasteiger partial charge < -0.3 is 9.47 Å². The third-order valence-corrected chi connectivity index (χ3v) is 3.49. The van der Waals surface area contributed by atoms with Gasteiger partial charge in [0.15, 0.2) is 0 Å². The average molecular weight is 343 g/mol. The predicted molar refractivity (Wildman–Crippen MR) is 79.4 cm³/mol. The van der Waals surface area contributed by atoms with E-state index in [1.165, 1.54) is 0 Å². The quantitative estimate of drug-likeness (QED) is 0.714. The van der Waals surface area contributed by atoms with Gasteiger partial charge in [-0.2, -0.15) is 0 Å². The molecule has 1 aromatic carbocycles. The van der Waals surface area contributed by atoms with E-state index in [-0.39, 0.29) is 18.4 Å². The molecule has 0 fully saturated rings. The summed E-state index contributed by atoms with van der Waals surface area (Å²) < 4.78 is 10.7. The third-order valence-electron chi connectivity index (χ3n) is 2.75. The van der Waals surface area contributed by atoms with E-state index in [4.69, 9.17) is 9.47 Å². The first-order chi connectivity index (χ1) is 9.58. The Labute approximate surface area is 127 Å². The summed E-state index contributed by atoms with van der Waals surface area (Å²) in [6.45, 7) is 4.30. The Morgan fingerprint density at radius 3 is 2.40 bits per heavy atom. The number of rotatable bonds is 7. The molecule has 0 saturated heterocycles. The smallest absolute Gasteiger partial charge is 0.310 e. The van der Waals surface area contributed by atoms with Gasteiger partial charge in [0.25, 0.3) is 0 Å². The van der Waals surface area contributed by atoms with Gasteiger partial charge in [-0.25, -0.2) is 0 Å². The number of halogens is 1. The summed E-state index contributed by atoms with van der Waals surface area (Å²) in [4.78, 5) is 23.0. The fourth-order valence-corrected chi connectivity index (χ4v) is 2.41. The fraction of sp³-hybridized carbons (Fsp3) is 0.467. The lowest BCUT2D eigenvalue weighted by Crippen LogP contribution is -2.11. The number of esters is 2. The molecule has 0 aliphatic heterocycles. The second-order valence-corrected chi connectivity index (χ2v) is 5.02. The van der Waals surface area contributed by atoms with Crippen molar-refractivity contribution in [2.24, 2.45) is 0 Å². The van der Waals surface area contributed by atoms with E-state index in [9.17, 15) is 9.59 Å². The van der Waals surface area contributed by atoms with Crippen LogP contribution in [-0.2, 0) is 31.9 Å². The fourth-order valence-electron chi connectivity index (χ4n) is 1.86. The number of hydrogen-bond donors (Lipinski definition) is 0. The van der Waals surface area contributed by atoms with Crippen LogP contribution in [0.15, 0.2) is 22.7 Å². The zero-order valence-electron chi connectivity index (χ0n) is 11.8. The van der Waals surface area contributed by atoms with Crippen LogP contribution in [0, 0.1) is 0 Å². The highest BCUT2D eigenvalue weighted by molar-refractivity contribution is 9.10. The third kappa shape index (κ3) is 5.33. The van der Waals surface area contributed by atoms with Gasteiger partial charge >= 0.3 is 11.9 Å². The highest BCUT2D eigenvalue weighted by Gasteiger charge is 2.13. The molecular weight excluding hydrogens is 324 g/mol. The molecule has 0 aliphatic carbocycles. The minimum absolute atomic E-state index is 0.202. The Balaban J connectivity index is 2.77. The predicted octanol–water partition coefficient (Wildman–Crippen LogP) is 3.05. The van der Waals surface area contributed by atoms with Crippen molar-refractivity contribution in [2.45, 2.75) is 33.1 Å². The Morgan fingerprint density at radius 2 is 1.75 bits per heavy atom. The Kier molecular flexibility index (Phi) is 7.30. The number of carbonyl (C=O) groups excluding carboxylic acids is 2. The maximum atomic E-state index is 11.6. The molecule has 0 aromatic heterocycles. The Bertz CT molecular complexity index is 471. The van der Waals surface area contributed by atoms with E-state index in [0.717, 1.165) is 15.6 Å². The van der Waals surface area contributed by atoms with Gasteiger partial charge in [0.1, 0.15) is 0 Å². The number of hydrogen-bond acceptors (Lipinski definition) is 4. The van der Waals surface area contributed by atoms with Crippen LogP contribution in [0.3, 0.4) is 0 Å². The van der Waals surface area contributed by atoms with Crippen LogP contribution in [0.1, 0.15) is 31.4 Å². The SMILES string of the molecule is CCOC(=O)CCc1cccc(Br)c1CC(=O)OCC. The average Bonchev–Trinajstić information content (AvgIpc) is 2.40. The molecule has 20 heavy (non-hydrogen) atoms. The van der Waals surface area contributed by atoms with Crippen LogP contribution in [0.25, 0.3) is 0 Å². The van der Waals surface area contributed by atoms with Crippen molar-refractivity contribution in [1.82, 2.24) is 0 Å². The monoisotopic (exact) mass is 342 g/mol. The highest BCUT2D eigenvalue weighted by atomic mass is 79.9. The number of benzene rings is 1. The second kappa shape index (κ2) is 8.74. The summed E-state index contributed by atoms with van der Waals surface area (Å²) in [7, 11) is 0. The highest BCUT2D eigenvalue weighted by Crippen LogP contribution is 2.23. The van der Waals surface area contributed by atoms with Crippen LogP contribution in [-0.4, -0.2) is 25.2 Å².